The molecule has 0 spiro atoms. The molecule has 0 bridgehead atoms. The predicted octanol–water partition coefficient (Wildman–Crippen LogP) is 1.64. The van der Waals surface area contributed by atoms with Gasteiger partial charge in [-0.15, -0.1) is 0 Å². The Bertz CT molecular complexity index is 404. The van der Waals surface area contributed by atoms with Crippen LogP contribution in [0.2, 0.25) is 5.02 Å². The number of ether oxygens (including phenoxy) is 2. The molecule has 1 aliphatic rings. The zero-order valence-electron chi connectivity index (χ0n) is 10.1. The minimum absolute atomic E-state index is 0.0152. The molecule has 18 heavy (non-hydrogen) atoms. The minimum Gasteiger partial charge on any atom is -0.486 e. The van der Waals surface area contributed by atoms with Crippen molar-refractivity contribution in [3.63, 3.8) is 0 Å². The third kappa shape index (κ3) is 3.07. The van der Waals surface area contributed by atoms with Crippen LogP contribution < -0.4 is 9.47 Å². The number of hydrogen-bond donors (Lipinski definition) is 2. The van der Waals surface area contributed by atoms with E-state index in [0.29, 0.717) is 42.6 Å². The molecule has 0 aliphatic carbocycles. The van der Waals surface area contributed by atoms with Gasteiger partial charge in [0.2, 0.25) is 0 Å². The van der Waals surface area contributed by atoms with E-state index >= 15 is 0 Å². The van der Waals surface area contributed by atoms with E-state index < -0.39 is 0 Å². The van der Waals surface area contributed by atoms with Gasteiger partial charge in [-0.3, -0.25) is 0 Å². The molecule has 1 aromatic rings. The van der Waals surface area contributed by atoms with Crippen molar-refractivity contribution in [2.75, 3.05) is 26.4 Å². The number of rotatable bonds is 5. The first kappa shape index (κ1) is 13.5. The van der Waals surface area contributed by atoms with Crippen LogP contribution in [0, 0.1) is 5.92 Å². The maximum absolute atomic E-state index is 9.03. The first-order chi connectivity index (χ1) is 8.74. The standard InChI is InChI=1S/C13H17ClO4/c14-11-6-13-12(17-3-4-18-13)5-10(11)2-1-9(7-15)8-16/h5-6,9,15-16H,1-4,7-8H2. The van der Waals surface area contributed by atoms with Crippen LogP contribution in [0.25, 0.3) is 0 Å². The van der Waals surface area contributed by atoms with Crippen molar-refractivity contribution in [2.45, 2.75) is 12.8 Å². The molecule has 0 fully saturated rings. The van der Waals surface area contributed by atoms with Crippen molar-refractivity contribution in [1.82, 2.24) is 0 Å². The zero-order chi connectivity index (χ0) is 13.0. The van der Waals surface area contributed by atoms with E-state index in [1.54, 1.807) is 6.07 Å². The van der Waals surface area contributed by atoms with Gasteiger partial charge in [-0.2, -0.15) is 0 Å². The van der Waals surface area contributed by atoms with E-state index in [-0.39, 0.29) is 19.1 Å². The third-order valence-electron chi connectivity index (χ3n) is 3.05. The Kier molecular flexibility index (Phi) is 4.69. The van der Waals surface area contributed by atoms with Crippen molar-refractivity contribution < 1.29 is 19.7 Å². The number of benzene rings is 1. The van der Waals surface area contributed by atoms with Crippen LogP contribution in [0.15, 0.2) is 12.1 Å². The molecule has 0 amide bonds. The number of aryl methyl sites for hydroxylation is 1. The van der Waals surface area contributed by atoms with Gasteiger partial charge in [-0.1, -0.05) is 11.6 Å². The Morgan fingerprint density at radius 3 is 2.33 bits per heavy atom. The number of aliphatic hydroxyl groups is 2. The molecule has 0 unspecified atom stereocenters. The molecule has 0 atom stereocenters. The number of halogens is 1. The molecular formula is C13H17ClO4. The number of aliphatic hydroxyl groups excluding tert-OH is 2. The molecule has 2 N–H and O–H groups in total. The van der Waals surface area contributed by atoms with Crippen molar-refractivity contribution in [2.24, 2.45) is 5.92 Å². The molecule has 1 aliphatic heterocycles. The molecule has 0 saturated heterocycles. The summed E-state index contributed by atoms with van der Waals surface area (Å²) >= 11 is 6.17. The van der Waals surface area contributed by atoms with Crippen LogP contribution in [0.1, 0.15) is 12.0 Å². The molecule has 100 valence electrons. The molecule has 2 rings (SSSR count). The summed E-state index contributed by atoms with van der Waals surface area (Å²) in [6.45, 7) is 1.06. The third-order valence-corrected chi connectivity index (χ3v) is 3.40. The van der Waals surface area contributed by atoms with Crippen LogP contribution >= 0.6 is 11.6 Å². The molecule has 4 nitrogen and oxygen atoms in total. The highest BCUT2D eigenvalue weighted by Gasteiger charge is 2.16. The number of hydrogen-bond acceptors (Lipinski definition) is 4. The van der Waals surface area contributed by atoms with E-state index in [2.05, 4.69) is 0 Å². The lowest BCUT2D eigenvalue weighted by Crippen LogP contribution is -2.16. The van der Waals surface area contributed by atoms with Crippen LogP contribution in [-0.2, 0) is 6.42 Å². The van der Waals surface area contributed by atoms with E-state index in [1.807, 2.05) is 6.07 Å². The van der Waals surface area contributed by atoms with Crippen LogP contribution in [-0.4, -0.2) is 36.6 Å². The Morgan fingerprint density at radius 2 is 1.72 bits per heavy atom. The van der Waals surface area contributed by atoms with Crippen LogP contribution in [0.3, 0.4) is 0 Å². The van der Waals surface area contributed by atoms with Gasteiger partial charge in [-0.25, -0.2) is 0 Å². The Labute approximate surface area is 111 Å². The maximum atomic E-state index is 9.03. The van der Waals surface area contributed by atoms with Gasteiger partial charge < -0.3 is 19.7 Å². The lowest BCUT2D eigenvalue weighted by atomic mass is 10.0. The summed E-state index contributed by atoms with van der Waals surface area (Å²) in [5.41, 5.74) is 0.952. The fourth-order valence-electron chi connectivity index (χ4n) is 1.90. The molecular weight excluding hydrogens is 256 g/mol. The van der Waals surface area contributed by atoms with Crippen molar-refractivity contribution in [3.05, 3.63) is 22.7 Å². The smallest absolute Gasteiger partial charge is 0.162 e. The van der Waals surface area contributed by atoms with E-state index in [4.69, 9.17) is 31.3 Å². The Morgan fingerprint density at radius 1 is 1.11 bits per heavy atom. The molecule has 0 saturated carbocycles. The summed E-state index contributed by atoms with van der Waals surface area (Å²) in [5, 5.41) is 18.7. The lowest BCUT2D eigenvalue weighted by Gasteiger charge is -2.20. The quantitative estimate of drug-likeness (QED) is 0.856. The highest BCUT2D eigenvalue weighted by Crippen LogP contribution is 2.36. The van der Waals surface area contributed by atoms with Crippen LogP contribution in [0.4, 0.5) is 0 Å². The molecule has 5 heteroatoms. The van der Waals surface area contributed by atoms with Crippen molar-refractivity contribution >= 4 is 11.6 Å². The molecule has 0 radical (unpaired) electrons. The second-order valence-corrected chi connectivity index (χ2v) is 4.76. The van der Waals surface area contributed by atoms with E-state index in [1.165, 1.54) is 0 Å². The highest BCUT2D eigenvalue weighted by molar-refractivity contribution is 6.31. The fourth-order valence-corrected chi connectivity index (χ4v) is 2.15. The van der Waals surface area contributed by atoms with Gasteiger partial charge in [-0.05, 0) is 24.5 Å². The van der Waals surface area contributed by atoms with E-state index in [0.717, 1.165) is 5.56 Å². The van der Waals surface area contributed by atoms with Gasteiger partial charge in [0.05, 0.1) is 0 Å². The summed E-state index contributed by atoms with van der Waals surface area (Å²) in [4.78, 5) is 0. The van der Waals surface area contributed by atoms with Gasteiger partial charge in [0.15, 0.2) is 11.5 Å². The average Bonchev–Trinajstić information content (AvgIpc) is 2.40. The minimum atomic E-state index is -0.103. The average molecular weight is 273 g/mol. The first-order valence-electron chi connectivity index (χ1n) is 6.04. The Hall–Kier alpha value is -0.970. The monoisotopic (exact) mass is 272 g/mol. The SMILES string of the molecule is OCC(CO)CCc1cc2c(cc1Cl)OCCO2. The largest absolute Gasteiger partial charge is 0.486 e. The summed E-state index contributed by atoms with van der Waals surface area (Å²) < 4.78 is 10.9. The second-order valence-electron chi connectivity index (χ2n) is 4.36. The van der Waals surface area contributed by atoms with Gasteiger partial charge in [0.1, 0.15) is 13.2 Å². The molecule has 1 aromatic carbocycles. The summed E-state index contributed by atoms with van der Waals surface area (Å²) in [7, 11) is 0. The normalized spacial score (nSPS) is 14.0. The van der Waals surface area contributed by atoms with Gasteiger partial charge in [0, 0.05) is 30.2 Å². The molecule has 0 aromatic heterocycles. The topological polar surface area (TPSA) is 58.9 Å². The summed E-state index contributed by atoms with van der Waals surface area (Å²) in [6, 6.07) is 3.64. The van der Waals surface area contributed by atoms with Crippen molar-refractivity contribution in [3.8, 4) is 11.5 Å². The van der Waals surface area contributed by atoms with Crippen LogP contribution in [0.5, 0.6) is 11.5 Å². The highest BCUT2D eigenvalue weighted by atomic mass is 35.5. The number of fused-ring (bicyclic) bond motifs is 1. The predicted molar refractivity (Wildman–Crippen MR) is 68.4 cm³/mol. The van der Waals surface area contributed by atoms with E-state index in [9.17, 15) is 0 Å². The zero-order valence-corrected chi connectivity index (χ0v) is 10.8. The van der Waals surface area contributed by atoms with Crippen molar-refractivity contribution in [1.29, 1.82) is 0 Å². The lowest BCUT2D eigenvalue weighted by molar-refractivity contribution is 0.144. The maximum Gasteiger partial charge on any atom is 0.162 e. The second kappa shape index (κ2) is 6.27. The van der Waals surface area contributed by atoms with Gasteiger partial charge >= 0.3 is 0 Å². The first-order valence-corrected chi connectivity index (χ1v) is 6.42. The molecule has 1 heterocycles. The Balaban J connectivity index is 2.08. The fraction of sp³-hybridized carbons (Fsp3) is 0.538. The van der Waals surface area contributed by atoms with Gasteiger partial charge in [0.25, 0.3) is 0 Å². The summed E-state index contributed by atoms with van der Waals surface area (Å²) in [6.07, 6.45) is 1.38. The summed E-state index contributed by atoms with van der Waals surface area (Å²) in [5.74, 6) is 1.29.